The summed E-state index contributed by atoms with van der Waals surface area (Å²) in [6.07, 6.45) is 13.1. The maximum Gasteiger partial charge on any atom is 0.257 e. The van der Waals surface area contributed by atoms with E-state index in [0.717, 1.165) is 108 Å². The number of hydrogen-bond donors (Lipinski definition) is 5. The number of hydrogen-bond acceptors (Lipinski definition) is 17. The van der Waals surface area contributed by atoms with Gasteiger partial charge in [-0.05, 0) is 81.0 Å². The fraction of sp³-hybridized carbons (Fsp3) is 0.462. The molecule has 5 aromatic rings. The minimum Gasteiger partial charge on any atom is -0.494 e. The molecule has 1 unspecified atom stereocenters. The Bertz CT molecular complexity index is 3040. The van der Waals surface area contributed by atoms with Crippen molar-refractivity contribution in [3.8, 4) is 11.5 Å². The summed E-state index contributed by atoms with van der Waals surface area (Å²) in [5, 5.41) is 12.0. The number of rotatable bonds is 21. The Labute approximate surface area is 441 Å². The van der Waals surface area contributed by atoms with Crippen LogP contribution in [0.3, 0.4) is 0 Å². The number of benzene rings is 3. The number of ether oxygens (including phenoxy) is 2. The molecule has 3 aromatic carbocycles. The smallest absolute Gasteiger partial charge is 0.257 e. The molecule has 0 bridgehead atoms. The highest BCUT2D eigenvalue weighted by Crippen LogP contribution is 2.39. The molecule has 2 aromatic heterocycles. The summed E-state index contributed by atoms with van der Waals surface area (Å²) in [4.78, 5) is 76.8. The van der Waals surface area contributed by atoms with Gasteiger partial charge in [0, 0.05) is 93.6 Å². The van der Waals surface area contributed by atoms with Gasteiger partial charge in [-0.25, -0.2) is 13.4 Å². The molecule has 0 spiro atoms. The Morgan fingerprint density at radius 1 is 0.893 bits per heavy atom. The molecular weight excluding hydrogens is 1000 g/mol. The highest BCUT2D eigenvalue weighted by Gasteiger charge is 2.40. The number of fused-ring (bicyclic) bond motifs is 2. The van der Waals surface area contributed by atoms with Gasteiger partial charge in [-0.1, -0.05) is 37.4 Å². The van der Waals surface area contributed by atoms with Crippen molar-refractivity contribution in [1.82, 2.24) is 45.3 Å². The first-order valence-corrected chi connectivity index (χ1v) is 27.9. The van der Waals surface area contributed by atoms with E-state index in [0.29, 0.717) is 57.6 Å². The van der Waals surface area contributed by atoms with Crippen LogP contribution in [-0.4, -0.2) is 151 Å². The van der Waals surface area contributed by atoms with Crippen LogP contribution in [0.15, 0.2) is 61.1 Å². The molecule has 0 radical (unpaired) electrons. The number of unbranched alkanes of at least 4 members (excludes halogenated alkanes) is 3. The Hall–Kier alpha value is -6.88. The Morgan fingerprint density at radius 3 is 2.44 bits per heavy atom. The topological polar surface area (TPSA) is 246 Å². The van der Waals surface area contributed by atoms with E-state index in [4.69, 9.17) is 21.1 Å². The van der Waals surface area contributed by atoms with Gasteiger partial charge in [-0.3, -0.25) is 44.1 Å². The normalized spacial score (nSPS) is 17.7. The minimum atomic E-state index is -3.68. The molecule has 4 aliphatic rings. The molecule has 21 nitrogen and oxygen atoms in total. The molecule has 3 saturated heterocycles. The number of anilines is 6. The quantitative estimate of drug-likeness (QED) is 0.0443. The van der Waals surface area contributed by atoms with Gasteiger partial charge < -0.3 is 40.1 Å². The molecule has 0 saturated carbocycles. The molecule has 75 heavy (non-hydrogen) atoms. The Kier molecular flexibility index (Phi) is 16.8. The summed E-state index contributed by atoms with van der Waals surface area (Å²) in [7, 11) is -2.03. The average molecular weight is 1070 g/mol. The van der Waals surface area contributed by atoms with Crippen molar-refractivity contribution in [2.24, 2.45) is 0 Å². The summed E-state index contributed by atoms with van der Waals surface area (Å²) in [5.74, 6) is 0.279. The van der Waals surface area contributed by atoms with E-state index in [1.165, 1.54) is 23.5 Å². The number of piperazine rings is 1. The van der Waals surface area contributed by atoms with E-state index < -0.39 is 22.0 Å². The van der Waals surface area contributed by atoms with Gasteiger partial charge in [0.2, 0.25) is 27.8 Å². The van der Waals surface area contributed by atoms with E-state index in [9.17, 15) is 27.6 Å². The number of carbonyl (C=O) groups excluding carboxylic acids is 4. The number of carbonyl (C=O) groups is 4. The first-order valence-electron chi connectivity index (χ1n) is 25.6. The molecule has 6 heterocycles. The van der Waals surface area contributed by atoms with Crippen molar-refractivity contribution in [2.75, 3.05) is 92.6 Å². The molecule has 0 aliphatic carbocycles. The van der Waals surface area contributed by atoms with Gasteiger partial charge in [0.1, 0.15) is 28.1 Å². The summed E-state index contributed by atoms with van der Waals surface area (Å²) in [6.45, 7) is 9.91. The van der Waals surface area contributed by atoms with Crippen molar-refractivity contribution in [1.29, 1.82) is 0 Å². The molecule has 5 N–H and O–H groups in total. The van der Waals surface area contributed by atoms with E-state index >= 15 is 0 Å². The maximum absolute atomic E-state index is 13.1. The van der Waals surface area contributed by atoms with Crippen LogP contribution >= 0.6 is 11.6 Å². The van der Waals surface area contributed by atoms with Crippen molar-refractivity contribution in [3.05, 3.63) is 82.8 Å². The number of amides is 4. The van der Waals surface area contributed by atoms with Crippen molar-refractivity contribution in [2.45, 2.75) is 83.3 Å². The van der Waals surface area contributed by atoms with Crippen LogP contribution in [0.5, 0.6) is 11.5 Å². The first-order chi connectivity index (χ1) is 36.2. The molecule has 4 amide bonds. The molecule has 23 heteroatoms. The van der Waals surface area contributed by atoms with Crippen molar-refractivity contribution >= 4 is 90.8 Å². The second-order valence-corrected chi connectivity index (χ2v) is 21.4. The number of nitrogens with one attached hydrogen (secondary N) is 5. The van der Waals surface area contributed by atoms with Gasteiger partial charge in [0.15, 0.2) is 12.4 Å². The third-order valence-electron chi connectivity index (χ3n) is 14.3. The van der Waals surface area contributed by atoms with E-state index in [-0.39, 0.29) is 66.2 Å². The predicted octanol–water partition coefficient (Wildman–Crippen LogP) is 5.61. The third kappa shape index (κ3) is 12.8. The van der Waals surface area contributed by atoms with E-state index in [1.54, 1.807) is 37.4 Å². The van der Waals surface area contributed by atoms with Crippen LogP contribution in [-0.2, 0) is 37.4 Å². The number of methoxy groups -OCH3 is 1. The molecule has 9 rings (SSSR count). The molecular formula is C52H64ClN13O8S. The van der Waals surface area contributed by atoms with Gasteiger partial charge in [-0.15, -0.1) is 0 Å². The second kappa shape index (κ2) is 23.8. The summed E-state index contributed by atoms with van der Waals surface area (Å²) in [6, 6.07) is 12.5. The summed E-state index contributed by atoms with van der Waals surface area (Å²) < 4.78 is 39.0. The lowest BCUT2D eigenvalue weighted by atomic mass is 9.99. The number of aryl methyl sites for hydroxylation is 1. The van der Waals surface area contributed by atoms with E-state index in [2.05, 4.69) is 79.7 Å². The van der Waals surface area contributed by atoms with E-state index in [1.807, 2.05) is 0 Å². The fourth-order valence-electron chi connectivity index (χ4n) is 10.4. The van der Waals surface area contributed by atoms with Gasteiger partial charge >= 0.3 is 0 Å². The Balaban J connectivity index is 0.683. The number of sulfonamides is 1. The largest absolute Gasteiger partial charge is 0.494 e. The monoisotopic (exact) mass is 1070 g/mol. The summed E-state index contributed by atoms with van der Waals surface area (Å²) in [5.41, 5.74) is 5.57. The van der Waals surface area contributed by atoms with Crippen molar-refractivity contribution in [3.63, 3.8) is 0 Å². The number of aromatic nitrogens is 4. The fourth-order valence-corrected chi connectivity index (χ4v) is 11.1. The zero-order chi connectivity index (χ0) is 52.6. The standard InChI is InChI=1S/C52H64ClN13O8S/c1-4-33-28-40(59-52-57-30-37(53)49(61-52)58-39-13-12-38-47(56-20-19-54-38)48(39)62-75(3,71)72)44(73-2)29-42(33)65-22-16-34(17-23-65)64-26-24-63(25-27-64)21-8-6-5-7-18-55-46(68)32-74-43-11-9-10-35-36(43)31-66(51(35)70)41-14-15-45(67)60-50(41)69/h9-13,19-20,28-30,34,41,62H,4-8,14-18,21-27,31-32H2,1-3H3,(H,55,68)(H,60,67,69)(H2,57,58,59,61). The minimum absolute atomic E-state index is 0.175. The second-order valence-electron chi connectivity index (χ2n) is 19.3. The number of imide groups is 1. The van der Waals surface area contributed by atoms with Crippen LogP contribution < -0.4 is 40.4 Å². The lowest BCUT2D eigenvalue weighted by molar-refractivity contribution is -0.137. The van der Waals surface area contributed by atoms with Crippen LogP contribution in [0.25, 0.3) is 11.0 Å². The number of piperidine rings is 2. The number of nitrogens with zero attached hydrogens (tertiary/aromatic N) is 8. The van der Waals surface area contributed by atoms with Gasteiger partial charge in [0.25, 0.3) is 11.8 Å². The average Bonchev–Trinajstić information content (AvgIpc) is 3.75. The highest BCUT2D eigenvalue weighted by atomic mass is 35.5. The van der Waals surface area contributed by atoms with Crippen LogP contribution in [0.1, 0.15) is 79.8 Å². The first kappa shape index (κ1) is 53.0. The molecule has 3 fully saturated rings. The van der Waals surface area contributed by atoms with Gasteiger partial charge in [-0.2, -0.15) is 4.98 Å². The highest BCUT2D eigenvalue weighted by molar-refractivity contribution is 7.92. The summed E-state index contributed by atoms with van der Waals surface area (Å²) >= 11 is 6.58. The third-order valence-corrected chi connectivity index (χ3v) is 15.2. The van der Waals surface area contributed by atoms with Gasteiger partial charge in [0.05, 0.1) is 48.7 Å². The molecule has 1 atom stereocenters. The van der Waals surface area contributed by atoms with Crippen LogP contribution in [0.4, 0.5) is 34.5 Å². The lowest BCUT2D eigenvalue weighted by Gasteiger charge is -2.43. The Morgan fingerprint density at radius 2 is 1.68 bits per heavy atom. The maximum atomic E-state index is 13.1. The van der Waals surface area contributed by atoms with Crippen LogP contribution in [0, 0.1) is 0 Å². The molecule has 398 valence electrons. The van der Waals surface area contributed by atoms with Crippen molar-refractivity contribution < 1.29 is 37.1 Å². The molecule has 4 aliphatic heterocycles. The lowest BCUT2D eigenvalue weighted by Crippen LogP contribution is -2.53. The zero-order valence-electron chi connectivity index (χ0n) is 42.5. The number of halogens is 1. The van der Waals surface area contributed by atoms with Crippen LogP contribution in [0.2, 0.25) is 5.02 Å². The zero-order valence-corrected chi connectivity index (χ0v) is 44.1. The SMILES string of the molecule is CCc1cc(Nc2ncc(Cl)c(Nc3ccc4nccnc4c3NS(C)(=O)=O)n2)c(OC)cc1N1CCC(N2CCN(CCCCCCNC(=O)COc3cccc4c3CN(C3CCC(=O)NC3=O)C4=O)CC2)CC1. The predicted molar refractivity (Wildman–Crippen MR) is 287 cm³/mol.